The SMILES string of the molecule is CC(C)OP(=O)(OC(C)C)[C@H](C)NC(=O)[C@H](CSSC[C@@H](NC(=O)C(F)(F)F)C(=O)N[C@@H](C)P(=O)(OC(C)C)OC(C)C)NC(=O)C(F)(F)F. The third-order valence-corrected chi connectivity index (χ3v) is 12.8. The fourth-order valence-corrected chi connectivity index (χ4v) is 9.52. The van der Waals surface area contributed by atoms with E-state index in [-0.39, 0.29) is 0 Å². The molecule has 0 aliphatic heterocycles. The molecular weight excluding hydrogens is 768 g/mol. The number of halogens is 6. The molecule has 0 aromatic carbocycles. The van der Waals surface area contributed by atoms with Crippen molar-refractivity contribution in [3.05, 3.63) is 0 Å². The predicted octanol–water partition coefficient (Wildman–Crippen LogP) is 5.47. The Morgan fingerprint density at radius 3 is 0.960 bits per heavy atom. The van der Waals surface area contributed by atoms with Crippen LogP contribution in [-0.2, 0) is 46.4 Å². The van der Waals surface area contributed by atoms with Crippen LogP contribution < -0.4 is 21.3 Å². The van der Waals surface area contributed by atoms with Gasteiger partial charge in [-0.3, -0.25) is 28.3 Å². The Morgan fingerprint density at radius 2 is 0.760 bits per heavy atom. The molecule has 0 saturated carbocycles. The molecule has 0 aromatic rings. The van der Waals surface area contributed by atoms with Crippen LogP contribution in [0.15, 0.2) is 0 Å². The highest BCUT2D eigenvalue weighted by atomic mass is 33.1. The summed E-state index contributed by atoms with van der Waals surface area (Å²) < 4.78 is 127. The van der Waals surface area contributed by atoms with Gasteiger partial charge in [0.15, 0.2) is 0 Å². The topological polar surface area (TPSA) is 187 Å². The largest absolute Gasteiger partial charge is 0.471 e. The standard InChI is InChI=1S/C26H46F6N4O10P2S2/c1-13(2)43-47(41,44-14(3)4)17(9)33-21(37)19(35-23(39)25(27,28)29)11-49-50-12-20(36-24(40)26(30,31)32)22(38)34-18(10)48(42,45-15(5)6)46-16(7)8/h13-20H,11-12H2,1-10H3,(H,33,37)(H,34,38)(H,35,39)(H,36,40)/t17-,18-,19-,20+/m1/s1. The molecule has 0 saturated heterocycles. The number of carbonyl (C=O) groups is 4. The molecule has 0 aromatic heterocycles. The summed E-state index contributed by atoms with van der Waals surface area (Å²) in [6.45, 7) is 14.6. The summed E-state index contributed by atoms with van der Waals surface area (Å²) in [5.74, 6) is -11.7. The van der Waals surface area contributed by atoms with Crippen LogP contribution in [-0.4, -0.2) is 95.6 Å². The van der Waals surface area contributed by atoms with Gasteiger partial charge in [-0.25, -0.2) is 0 Å². The lowest BCUT2D eigenvalue weighted by atomic mass is 10.3. The first-order valence-corrected chi connectivity index (χ1v) is 20.8. The van der Waals surface area contributed by atoms with Crippen molar-refractivity contribution in [2.24, 2.45) is 0 Å². The Morgan fingerprint density at radius 1 is 0.520 bits per heavy atom. The van der Waals surface area contributed by atoms with Crippen molar-refractivity contribution in [1.82, 2.24) is 21.3 Å². The third kappa shape index (κ3) is 17.8. The van der Waals surface area contributed by atoms with Gasteiger partial charge in [0.1, 0.15) is 23.6 Å². The van der Waals surface area contributed by atoms with Gasteiger partial charge in [-0.15, -0.1) is 0 Å². The van der Waals surface area contributed by atoms with Gasteiger partial charge in [0.2, 0.25) is 11.8 Å². The minimum atomic E-state index is -5.42. The van der Waals surface area contributed by atoms with Crippen LogP contribution >= 0.6 is 36.8 Å². The molecule has 50 heavy (non-hydrogen) atoms. The molecule has 4 amide bonds. The minimum Gasteiger partial charge on any atom is -0.340 e. The molecule has 0 rings (SSSR count). The molecule has 0 aliphatic rings. The van der Waals surface area contributed by atoms with E-state index < -0.39 is 111 Å². The van der Waals surface area contributed by atoms with Gasteiger partial charge < -0.3 is 39.4 Å². The molecule has 0 unspecified atom stereocenters. The van der Waals surface area contributed by atoms with Gasteiger partial charge in [0.05, 0.1) is 24.4 Å². The van der Waals surface area contributed by atoms with Crippen molar-refractivity contribution in [2.45, 2.75) is 130 Å². The summed E-state index contributed by atoms with van der Waals surface area (Å²) in [5, 5.41) is 7.40. The summed E-state index contributed by atoms with van der Waals surface area (Å²) in [7, 11) is -7.11. The van der Waals surface area contributed by atoms with Gasteiger partial charge in [-0.2, -0.15) is 26.3 Å². The second-order valence-corrected chi connectivity index (χ2v) is 18.8. The molecule has 0 heterocycles. The lowest BCUT2D eigenvalue weighted by Crippen LogP contribution is -2.54. The molecule has 0 radical (unpaired) electrons. The average Bonchev–Trinajstić information content (AvgIpc) is 2.90. The van der Waals surface area contributed by atoms with Crippen LogP contribution in [0, 0.1) is 0 Å². The van der Waals surface area contributed by atoms with Crippen molar-refractivity contribution < 1.29 is 72.7 Å². The first-order valence-electron chi connectivity index (χ1n) is 15.1. The van der Waals surface area contributed by atoms with Crippen molar-refractivity contribution in [1.29, 1.82) is 0 Å². The second kappa shape index (κ2) is 20.6. The van der Waals surface area contributed by atoms with Crippen LogP contribution in [0.2, 0.25) is 0 Å². The van der Waals surface area contributed by atoms with E-state index in [1.807, 2.05) is 0 Å². The fraction of sp³-hybridized carbons (Fsp3) is 0.846. The summed E-state index contributed by atoms with van der Waals surface area (Å²) >= 11 is 0. The summed E-state index contributed by atoms with van der Waals surface area (Å²) in [6.07, 6.45) is -13.5. The van der Waals surface area contributed by atoms with Crippen molar-refractivity contribution >= 4 is 60.4 Å². The van der Waals surface area contributed by atoms with Crippen LogP contribution in [0.3, 0.4) is 0 Å². The van der Waals surface area contributed by atoms with E-state index in [0.29, 0.717) is 21.6 Å². The Labute approximate surface area is 295 Å². The number of hydrogen-bond donors (Lipinski definition) is 4. The lowest BCUT2D eigenvalue weighted by Gasteiger charge is -2.29. The molecule has 0 bridgehead atoms. The summed E-state index contributed by atoms with van der Waals surface area (Å²) in [5.41, 5.74) is 0. The summed E-state index contributed by atoms with van der Waals surface area (Å²) in [6, 6.07) is -3.92. The van der Waals surface area contributed by atoms with Gasteiger partial charge in [-0.05, 0) is 69.2 Å². The first kappa shape index (κ1) is 48.5. The lowest BCUT2D eigenvalue weighted by molar-refractivity contribution is -0.174. The molecule has 24 heteroatoms. The van der Waals surface area contributed by atoms with Crippen molar-refractivity contribution in [2.75, 3.05) is 11.5 Å². The maximum atomic E-state index is 13.4. The average molecular weight is 815 g/mol. The predicted molar refractivity (Wildman–Crippen MR) is 176 cm³/mol. The molecule has 14 nitrogen and oxygen atoms in total. The second-order valence-electron chi connectivity index (χ2n) is 11.7. The zero-order valence-electron chi connectivity index (χ0n) is 29.1. The Bertz CT molecular complexity index is 1120. The maximum absolute atomic E-state index is 13.4. The maximum Gasteiger partial charge on any atom is 0.471 e. The van der Waals surface area contributed by atoms with Crippen molar-refractivity contribution in [3.63, 3.8) is 0 Å². The number of carbonyl (C=O) groups excluding carboxylic acids is 4. The Balaban J connectivity index is 6.07. The molecule has 4 atom stereocenters. The van der Waals surface area contributed by atoms with E-state index in [2.05, 4.69) is 10.6 Å². The zero-order chi connectivity index (χ0) is 39.4. The number of hydrogen-bond acceptors (Lipinski definition) is 12. The highest BCUT2D eigenvalue weighted by Crippen LogP contribution is 2.55. The first-order chi connectivity index (χ1) is 22.5. The quantitative estimate of drug-likeness (QED) is 0.0496. The monoisotopic (exact) mass is 814 g/mol. The van der Waals surface area contributed by atoms with Crippen LogP contribution in [0.1, 0.15) is 69.2 Å². The number of alkyl halides is 6. The molecule has 0 fully saturated rings. The normalized spacial score (nSPS) is 15.5. The van der Waals surface area contributed by atoms with E-state index >= 15 is 0 Å². The van der Waals surface area contributed by atoms with Crippen LogP contribution in [0.4, 0.5) is 26.3 Å². The molecule has 0 aliphatic carbocycles. The van der Waals surface area contributed by atoms with E-state index in [1.165, 1.54) is 79.9 Å². The van der Waals surface area contributed by atoms with Crippen LogP contribution in [0.5, 0.6) is 0 Å². The summed E-state index contributed by atoms with van der Waals surface area (Å²) in [4.78, 5) is 49.6. The van der Waals surface area contributed by atoms with E-state index in [9.17, 15) is 54.7 Å². The highest BCUT2D eigenvalue weighted by molar-refractivity contribution is 8.76. The Kier molecular flexibility index (Phi) is 20.0. The Hall–Kier alpha value is -1.54. The smallest absolute Gasteiger partial charge is 0.340 e. The molecule has 0 spiro atoms. The number of rotatable bonds is 21. The van der Waals surface area contributed by atoms with Gasteiger partial charge in [0.25, 0.3) is 0 Å². The van der Waals surface area contributed by atoms with Gasteiger partial charge in [0, 0.05) is 11.5 Å². The van der Waals surface area contributed by atoms with Crippen molar-refractivity contribution in [3.8, 4) is 0 Å². The zero-order valence-corrected chi connectivity index (χ0v) is 32.5. The van der Waals surface area contributed by atoms with E-state index in [0.717, 1.165) is 0 Å². The molecular formula is C26H46F6N4O10P2S2. The van der Waals surface area contributed by atoms with Gasteiger partial charge in [-0.1, -0.05) is 21.6 Å². The fourth-order valence-electron chi connectivity index (χ4n) is 3.44. The number of amides is 4. The molecule has 4 N–H and O–H groups in total. The molecule has 294 valence electrons. The minimum absolute atomic E-state index is 0.545. The third-order valence-electron chi connectivity index (χ3n) is 5.39. The van der Waals surface area contributed by atoms with E-state index in [4.69, 9.17) is 18.1 Å². The number of nitrogens with one attached hydrogen (secondary N) is 4. The highest BCUT2D eigenvalue weighted by Gasteiger charge is 2.44. The van der Waals surface area contributed by atoms with Crippen LogP contribution in [0.25, 0.3) is 0 Å². The van der Waals surface area contributed by atoms with Gasteiger partial charge >= 0.3 is 39.4 Å². The van der Waals surface area contributed by atoms with E-state index in [1.54, 1.807) is 0 Å².